The lowest BCUT2D eigenvalue weighted by molar-refractivity contribution is -0.125. The smallest absolute Gasteiger partial charge is 0.267 e. The van der Waals surface area contributed by atoms with Crippen LogP contribution in [0.25, 0.3) is 0 Å². The summed E-state index contributed by atoms with van der Waals surface area (Å²) in [7, 11) is 1.69. The van der Waals surface area contributed by atoms with Crippen LogP contribution in [0, 0.1) is 0 Å². The number of fused-ring (bicyclic) bond motifs is 1. The highest BCUT2D eigenvalue weighted by Crippen LogP contribution is 2.35. The van der Waals surface area contributed by atoms with Gasteiger partial charge in [0.1, 0.15) is 5.75 Å². The van der Waals surface area contributed by atoms with E-state index >= 15 is 0 Å². The quantitative estimate of drug-likeness (QED) is 0.756. The first kappa shape index (κ1) is 10.5. The molecular weight excluding hydrogens is 208 g/mol. The van der Waals surface area contributed by atoms with Crippen LogP contribution in [0.2, 0.25) is 0 Å². The largest absolute Gasteiger partial charge is 0.479 e. The topological polar surface area (TPSA) is 58.6 Å². The molecule has 5 heteroatoms. The number of hydrogen-bond donors (Lipinski definition) is 1. The second kappa shape index (κ2) is 3.84. The Morgan fingerprint density at radius 3 is 2.94 bits per heavy atom. The van der Waals surface area contributed by atoms with Crippen molar-refractivity contribution in [2.24, 2.45) is 0 Å². The number of nitrogens with zero attached hydrogens (tertiary/aromatic N) is 1. The Kier molecular flexibility index (Phi) is 2.52. The molecule has 1 atom stereocenters. The van der Waals surface area contributed by atoms with Gasteiger partial charge in [0.25, 0.3) is 5.91 Å². The summed E-state index contributed by atoms with van der Waals surface area (Å²) in [4.78, 5) is 23.5. The molecule has 0 spiro atoms. The van der Waals surface area contributed by atoms with E-state index in [0.717, 1.165) is 0 Å². The third kappa shape index (κ3) is 1.60. The van der Waals surface area contributed by atoms with Gasteiger partial charge < -0.3 is 15.0 Å². The van der Waals surface area contributed by atoms with Gasteiger partial charge in [-0.1, -0.05) is 0 Å². The molecule has 0 aromatic heterocycles. The van der Waals surface area contributed by atoms with Crippen molar-refractivity contribution >= 4 is 23.7 Å². The average Bonchev–Trinajstić information content (AvgIpc) is 2.28. The Labute approximate surface area is 93.0 Å². The molecule has 0 saturated heterocycles. The second-order valence-corrected chi connectivity index (χ2v) is 3.60. The van der Waals surface area contributed by atoms with Crippen molar-refractivity contribution in [1.29, 1.82) is 0 Å². The SMILES string of the molecule is CC1Oc2ccc(NC=O)cc2N(C)C1=O. The molecule has 0 radical (unpaired) electrons. The van der Waals surface area contributed by atoms with E-state index in [1.54, 1.807) is 32.2 Å². The lowest BCUT2D eigenvalue weighted by atomic mass is 10.2. The van der Waals surface area contributed by atoms with E-state index in [-0.39, 0.29) is 5.91 Å². The summed E-state index contributed by atoms with van der Waals surface area (Å²) in [6.45, 7) is 1.71. The standard InChI is InChI=1S/C11H12N2O3/c1-7-11(15)13(2)9-5-8(12-6-14)3-4-10(9)16-7/h3-7H,1-2H3,(H,12,14). The fourth-order valence-electron chi connectivity index (χ4n) is 1.67. The van der Waals surface area contributed by atoms with Gasteiger partial charge >= 0.3 is 0 Å². The van der Waals surface area contributed by atoms with Gasteiger partial charge in [-0.2, -0.15) is 0 Å². The molecule has 1 aromatic rings. The van der Waals surface area contributed by atoms with E-state index < -0.39 is 6.10 Å². The van der Waals surface area contributed by atoms with Crippen LogP contribution in [-0.2, 0) is 9.59 Å². The highest BCUT2D eigenvalue weighted by Gasteiger charge is 2.28. The highest BCUT2D eigenvalue weighted by molar-refractivity contribution is 6.00. The lowest BCUT2D eigenvalue weighted by Gasteiger charge is -2.30. The zero-order valence-electron chi connectivity index (χ0n) is 9.06. The van der Waals surface area contributed by atoms with Crippen LogP contribution >= 0.6 is 0 Å². The molecule has 1 heterocycles. The summed E-state index contributed by atoms with van der Waals surface area (Å²) in [6, 6.07) is 5.16. The van der Waals surface area contributed by atoms with Crippen LogP contribution in [-0.4, -0.2) is 25.5 Å². The number of carbonyl (C=O) groups is 2. The molecule has 0 bridgehead atoms. The molecule has 2 amide bonds. The van der Waals surface area contributed by atoms with E-state index in [0.29, 0.717) is 23.5 Å². The van der Waals surface area contributed by atoms with Crippen LogP contribution < -0.4 is 15.0 Å². The monoisotopic (exact) mass is 220 g/mol. The predicted octanol–water partition coefficient (Wildman–Crippen LogP) is 0.999. The molecule has 84 valence electrons. The van der Waals surface area contributed by atoms with Crippen LogP contribution in [0.3, 0.4) is 0 Å². The number of amides is 2. The van der Waals surface area contributed by atoms with Crippen LogP contribution in [0.15, 0.2) is 18.2 Å². The van der Waals surface area contributed by atoms with E-state index in [1.165, 1.54) is 4.90 Å². The van der Waals surface area contributed by atoms with Crippen molar-refractivity contribution in [2.45, 2.75) is 13.0 Å². The van der Waals surface area contributed by atoms with Crippen LogP contribution in [0.5, 0.6) is 5.75 Å². The number of hydrogen-bond acceptors (Lipinski definition) is 3. The number of rotatable bonds is 2. The normalized spacial score (nSPS) is 18.8. The number of nitrogens with one attached hydrogen (secondary N) is 1. The maximum Gasteiger partial charge on any atom is 0.267 e. The minimum Gasteiger partial charge on any atom is -0.479 e. The Morgan fingerprint density at radius 2 is 2.25 bits per heavy atom. The van der Waals surface area contributed by atoms with Gasteiger partial charge in [0.15, 0.2) is 6.10 Å². The molecule has 5 nitrogen and oxygen atoms in total. The van der Waals surface area contributed by atoms with Crippen molar-refractivity contribution in [3.63, 3.8) is 0 Å². The number of anilines is 2. The van der Waals surface area contributed by atoms with Gasteiger partial charge in [0, 0.05) is 12.7 Å². The van der Waals surface area contributed by atoms with Gasteiger partial charge in [-0.3, -0.25) is 9.59 Å². The molecule has 1 aliphatic rings. The number of likely N-dealkylation sites (N-methyl/N-ethyl adjacent to an activating group) is 1. The molecule has 1 aromatic carbocycles. The fraction of sp³-hybridized carbons (Fsp3) is 0.273. The molecular formula is C11H12N2O3. The van der Waals surface area contributed by atoms with Crippen molar-refractivity contribution < 1.29 is 14.3 Å². The van der Waals surface area contributed by atoms with E-state index in [1.807, 2.05) is 0 Å². The number of ether oxygens (including phenoxy) is 1. The zero-order valence-corrected chi connectivity index (χ0v) is 9.06. The number of benzene rings is 1. The lowest BCUT2D eigenvalue weighted by Crippen LogP contribution is -2.41. The summed E-state index contributed by atoms with van der Waals surface area (Å²) >= 11 is 0. The van der Waals surface area contributed by atoms with Crippen molar-refractivity contribution in [1.82, 2.24) is 0 Å². The van der Waals surface area contributed by atoms with Gasteiger partial charge in [-0.15, -0.1) is 0 Å². The second-order valence-electron chi connectivity index (χ2n) is 3.60. The Morgan fingerprint density at radius 1 is 1.50 bits per heavy atom. The maximum atomic E-state index is 11.7. The minimum atomic E-state index is -0.470. The van der Waals surface area contributed by atoms with Gasteiger partial charge in [-0.25, -0.2) is 0 Å². The van der Waals surface area contributed by atoms with Crippen molar-refractivity contribution in [2.75, 3.05) is 17.3 Å². The summed E-state index contributed by atoms with van der Waals surface area (Å²) in [5, 5.41) is 2.53. The zero-order chi connectivity index (χ0) is 11.7. The molecule has 1 aliphatic heterocycles. The molecule has 1 unspecified atom stereocenters. The maximum absolute atomic E-state index is 11.7. The molecule has 2 rings (SSSR count). The van der Waals surface area contributed by atoms with Crippen LogP contribution in [0.4, 0.5) is 11.4 Å². The Bertz CT molecular complexity index is 445. The molecule has 0 aliphatic carbocycles. The molecule has 1 N–H and O–H groups in total. The first-order valence-corrected chi connectivity index (χ1v) is 4.92. The van der Waals surface area contributed by atoms with E-state index in [9.17, 15) is 9.59 Å². The summed E-state index contributed by atoms with van der Waals surface area (Å²) < 4.78 is 5.44. The summed E-state index contributed by atoms with van der Waals surface area (Å²) in [5.41, 5.74) is 1.29. The average molecular weight is 220 g/mol. The fourth-order valence-corrected chi connectivity index (χ4v) is 1.67. The van der Waals surface area contributed by atoms with Gasteiger partial charge in [0.05, 0.1) is 5.69 Å². The van der Waals surface area contributed by atoms with Crippen molar-refractivity contribution in [3.8, 4) is 5.75 Å². The molecule has 16 heavy (non-hydrogen) atoms. The Hall–Kier alpha value is -2.04. The third-order valence-electron chi connectivity index (χ3n) is 2.53. The molecule has 0 fully saturated rings. The van der Waals surface area contributed by atoms with Gasteiger partial charge in [-0.05, 0) is 25.1 Å². The third-order valence-corrected chi connectivity index (χ3v) is 2.53. The molecule has 0 saturated carbocycles. The first-order chi connectivity index (χ1) is 7.63. The van der Waals surface area contributed by atoms with Gasteiger partial charge in [0.2, 0.25) is 6.41 Å². The summed E-state index contributed by atoms with van der Waals surface area (Å²) in [6.07, 6.45) is 0.123. The Balaban J connectivity index is 2.42. The first-order valence-electron chi connectivity index (χ1n) is 4.92. The van der Waals surface area contributed by atoms with E-state index in [2.05, 4.69) is 5.32 Å². The number of carbonyl (C=O) groups excluding carboxylic acids is 2. The predicted molar refractivity (Wildman–Crippen MR) is 59.6 cm³/mol. The summed E-state index contributed by atoms with van der Waals surface area (Å²) in [5.74, 6) is 0.543. The van der Waals surface area contributed by atoms with Crippen molar-refractivity contribution in [3.05, 3.63) is 18.2 Å². The highest BCUT2D eigenvalue weighted by atomic mass is 16.5. The van der Waals surface area contributed by atoms with E-state index in [4.69, 9.17) is 4.74 Å². The van der Waals surface area contributed by atoms with Crippen LogP contribution in [0.1, 0.15) is 6.92 Å². The minimum absolute atomic E-state index is 0.101.